The van der Waals surface area contributed by atoms with Gasteiger partial charge in [-0.15, -0.1) is 0 Å². The van der Waals surface area contributed by atoms with Gasteiger partial charge in [-0.05, 0) is 6.42 Å². The Hall–Kier alpha value is -0.570. The SMILES string of the molecule is CCCC(CCO)OC(C)=O. The molecule has 0 aliphatic heterocycles. The molecule has 0 aromatic rings. The summed E-state index contributed by atoms with van der Waals surface area (Å²) in [6.07, 6.45) is 2.26. The topological polar surface area (TPSA) is 46.5 Å². The molecule has 0 saturated carbocycles. The van der Waals surface area contributed by atoms with Crippen LogP contribution in [-0.4, -0.2) is 23.8 Å². The summed E-state index contributed by atoms with van der Waals surface area (Å²) in [5.74, 6) is -0.267. The van der Waals surface area contributed by atoms with Crippen molar-refractivity contribution in [2.24, 2.45) is 0 Å². The van der Waals surface area contributed by atoms with Gasteiger partial charge in [-0.25, -0.2) is 0 Å². The first-order valence-corrected chi connectivity index (χ1v) is 3.98. The van der Waals surface area contributed by atoms with Gasteiger partial charge in [-0.2, -0.15) is 0 Å². The standard InChI is InChI=1S/C8H16O3/c1-3-4-8(5-6-9)11-7(2)10/h8-9H,3-6H2,1-2H3. The van der Waals surface area contributed by atoms with Crippen LogP contribution in [0.5, 0.6) is 0 Å². The van der Waals surface area contributed by atoms with Crippen LogP contribution in [0.3, 0.4) is 0 Å². The van der Waals surface area contributed by atoms with Crippen LogP contribution in [0.1, 0.15) is 33.1 Å². The van der Waals surface area contributed by atoms with E-state index < -0.39 is 0 Å². The molecule has 3 heteroatoms. The summed E-state index contributed by atoms with van der Waals surface area (Å²) < 4.78 is 4.93. The molecule has 3 nitrogen and oxygen atoms in total. The van der Waals surface area contributed by atoms with Crippen LogP contribution in [0.2, 0.25) is 0 Å². The van der Waals surface area contributed by atoms with Crippen molar-refractivity contribution in [1.29, 1.82) is 0 Å². The summed E-state index contributed by atoms with van der Waals surface area (Å²) >= 11 is 0. The highest BCUT2D eigenvalue weighted by Crippen LogP contribution is 2.06. The van der Waals surface area contributed by atoms with E-state index in [2.05, 4.69) is 0 Å². The summed E-state index contributed by atoms with van der Waals surface area (Å²) in [5, 5.41) is 8.58. The van der Waals surface area contributed by atoms with Crippen LogP contribution in [-0.2, 0) is 9.53 Å². The van der Waals surface area contributed by atoms with E-state index in [1.165, 1.54) is 6.92 Å². The molecule has 0 aromatic heterocycles. The monoisotopic (exact) mass is 160 g/mol. The first-order chi connectivity index (χ1) is 5.20. The lowest BCUT2D eigenvalue weighted by Gasteiger charge is -2.14. The molecule has 0 aromatic carbocycles. The summed E-state index contributed by atoms with van der Waals surface area (Å²) in [4.78, 5) is 10.5. The molecule has 1 N–H and O–H groups in total. The molecule has 0 bridgehead atoms. The van der Waals surface area contributed by atoms with Gasteiger partial charge in [0, 0.05) is 20.0 Å². The quantitative estimate of drug-likeness (QED) is 0.612. The maximum atomic E-state index is 10.5. The lowest BCUT2D eigenvalue weighted by molar-refractivity contribution is -0.147. The van der Waals surface area contributed by atoms with Gasteiger partial charge in [0.2, 0.25) is 0 Å². The van der Waals surface area contributed by atoms with E-state index in [1.807, 2.05) is 6.92 Å². The number of aliphatic hydroxyl groups excluding tert-OH is 1. The molecule has 11 heavy (non-hydrogen) atoms. The minimum Gasteiger partial charge on any atom is -0.462 e. The van der Waals surface area contributed by atoms with E-state index in [0.29, 0.717) is 6.42 Å². The van der Waals surface area contributed by atoms with E-state index in [9.17, 15) is 4.79 Å². The Balaban J connectivity index is 3.59. The summed E-state index contributed by atoms with van der Waals surface area (Å²) in [6, 6.07) is 0. The Morgan fingerprint density at radius 1 is 1.55 bits per heavy atom. The molecule has 66 valence electrons. The molecule has 0 radical (unpaired) electrons. The average Bonchev–Trinajstić information content (AvgIpc) is 1.87. The highest BCUT2D eigenvalue weighted by atomic mass is 16.5. The highest BCUT2D eigenvalue weighted by Gasteiger charge is 2.08. The summed E-state index contributed by atoms with van der Waals surface area (Å²) in [7, 11) is 0. The molecule has 0 saturated heterocycles. The number of ether oxygens (including phenoxy) is 1. The summed E-state index contributed by atoms with van der Waals surface area (Å²) in [6.45, 7) is 3.49. The van der Waals surface area contributed by atoms with Crippen LogP contribution >= 0.6 is 0 Å². The Morgan fingerprint density at radius 3 is 2.55 bits per heavy atom. The van der Waals surface area contributed by atoms with Gasteiger partial charge in [-0.1, -0.05) is 13.3 Å². The van der Waals surface area contributed by atoms with Gasteiger partial charge < -0.3 is 9.84 Å². The molecule has 0 aliphatic rings. The zero-order valence-corrected chi connectivity index (χ0v) is 7.17. The second-order valence-corrected chi connectivity index (χ2v) is 2.53. The number of rotatable bonds is 5. The first-order valence-electron chi connectivity index (χ1n) is 3.98. The minimum absolute atomic E-state index is 0.0813. The second-order valence-electron chi connectivity index (χ2n) is 2.53. The Morgan fingerprint density at radius 2 is 2.18 bits per heavy atom. The van der Waals surface area contributed by atoms with Crippen molar-refractivity contribution in [3.63, 3.8) is 0 Å². The second kappa shape index (κ2) is 6.16. The smallest absolute Gasteiger partial charge is 0.302 e. The normalized spacial score (nSPS) is 12.6. The fourth-order valence-corrected chi connectivity index (χ4v) is 0.963. The predicted molar refractivity (Wildman–Crippen MR) is 42.2 cm³/mol. The number of carbonyl (C=O) groups excluding carboxylic acids is 1. The molecule has 0 spiro atoms. The van der Waals surface area contributed by atoms with Crippen molar-refractivity contribution >= 4 is 5.97 Å². The lowest BCUT2D eigenvalue weighted by atomic mass is 10.1. The third kappa shape index (κ3) is 5.85. The molecule has 1 atom stereocenters. The molecule has 0 heterocycles. The predicted octanol–water partition coefficient (Wildman–Crippen LogP) is 1.10. The zero-order valence-electron chi connectivity index (χ0n) is 7.17. The van der Waals surface area contributed by atoms with Crippen LogP contribution in [0.15, 0.2) is 0 Å². The van der Waals surface area contributed by atoms with E-state index in [0.717, 1.165) is 12.8 Å². The van der Waals surface area contributed by atoms with Gasteiger partial charge in [0.1, 0.15) is 6.10 Å². The average molecular weight is 160 g/mol. The first kappa shape index (κ1) is 10.4. The number of esters is 1. The van der Waals surface area contributed by atoms with Crippen molar-refractivity contribution in [3.05, 3.63) is 0 Å². The third-order valence-electron chi connectivity index (χ3n) is 1.39. The largest absolute Gasteiger partial charge is 0.462 e. The van der Waals surface area contributed by atoms with Crippen molar-refractivity contribution < 1.29 is 14.6 Å². The Bertz CT molecular complexity index is 106. The van der Waals surface area contributed by atoms with E-state index in [4.69, 9.17) is 9.84 Å². The number of carbonyl (C=O) groups is 1. The molecule has 0 rings (SSSR count). The fourth-order valence-electron chi connectivity index (χ4n) is 0.963. The highest BCUT2D eigenvalue weighted by molar-refractivity contribution is 5.66. The Kier molecular flexibility index (Phi) is 5.84. The number of hydrogen-bond acceptors (Lipinski definition) is 3. The van der Waals surface area contributed by atoms with Gasteiger partial charge in [-0.3, -0.25) is 4.79 Å². The van der Waals surface area contributed by atoms with E-state index >= 15 is 0 Å². The zero-order chi connectivity index (χ0) is 8.69. The summed E-state index contributed by atoms with van der Waals surface area (Å²) in [5.41, 5.74) is 0. The third-order valence-corrected chi connectivity index (χ3v) is 1.39. The molecule has 0 aliphatic carbocycles. The number of hydrogen-bond donors (Lipinski definition) is 1. The van der Waals surface area contributed by atoms with E-state index in [1.54, 1.807) is 0 Å². The van der Waals surface area contributed by atoms with Gasteiger partial charge in [0.25, 0.3) is 0 Å². The molecule has 0 amide bonds. The molecule has 0 fully saturated rings. The van der Waals surface area contributed by atoms with Crippen molar-refractivity contribution in [2.45, 2.75) is 39.2 Å². The minimum atomic E-state index is -0.267. The van der Waals surface area contributed by atoms with Gasteiger partial charge >= 0.3 is 5.97 Å². The van der Waals surface area contributed by atoms with Crippen molar-refractivity contribution in [3.8, 4) is 0 Å². The Labute approximate surface area is 67.4 Å². The fraction of sp³-hybridized carbons (Fsp3) is 0.875. The maximum Gasteiger partial charge on any atom is 0.302 e. The number of aliphatic hydroxyl groups is 1. The maximum absolute atomic E-state index is 10.5. The van der Waals surface area contributed by atoms with Gasteiger partial charge in [0.15, 0.2) is 0 Å². The van der Waals surface area contributed by atoms with Gasteiger partial charge in [0.05, 0.1) is 0 Å². The van der Waals surface area contributed by atoms with Crippen LogP contribution in [0.4, 0.5) is 0 Å². The van der Waals surface area contributed by atoms with Crippen molar-refractivity contribution in [1.82, 2.24) is 0 Å². The van der Waals surface area contributed by atoms with Crippen LogP contribution in [0.25, 0.3) is 0 Å². The molecular formula is C8H16O3. The molecule has 1 unspecified atom stereocenters. The molecular weight excluding hydrogens is 144 g/mol. The van der Waals surface area contributed by atoms with Crippen LogP contribution in [0, 0.1) is 0 Å². The van der Waals surface area contributed by atoms with E-state index in [-0.39, 0.29) is 18.7 Å². The van der Waals surface area contributed by atoms with Crippen molar-refractivity contribution in [2.75, 3.05) is 6.61 Å². The lowest BCUT2D eigenvalue weighted by Crippen LogP contribution is -2.17. The van der Waals surface area contributed by atoms with Crippen LogP contribution < -0.4 is 0 Å².